The molecule has 0 bridgehead atoms. The normalized spacial score (nSPS) is 15.7. The fourth-order valence-corrected chi connectivity index (χ4v) is 3.83. The number of rotatable bonds is 6. The van der Waals surface area contributed by atoms with Crippen molar-refractivity contribution in [3.8, 4) is 5.75 Å². The minimum atomic E-state index is 0.538. The lowest BCUT2D eigenvalue weighted by Crippen LogP contribution is -2.33. The molecule has 1 unspecified atom stereocenters. The summed E-state index contributed by atoms with van der Waals surface area (Å²) in [6, 6.07) is 28.2. The van der Waals surface area contributed by atoms with Crippen LogP contribution in [0.25, 0.3) is 0 Å². The molecule has 3 aromatic rings. The zero-order valence-electron chi connectivity index (χ0n) is 15.3. The van der Waals surface area contributed by atoms with Gasteiger partial charge in [-0.05, 0) is 42.2 Å². The van der Waals surface area contributed by atoms with E-state index in [1.807, 2.05) is 0 Å². The summed E-state index contributed by atoms with van der Waals surface area (Å²) in [6.07, 6.45) is 2.03. The molecule has 0 N–H and O–H groups in total. The summed E-state index contributed by atoms with van der Waals surface area (Å²) in [5.74, 6) is 0.997. The van der Waals surface area contributed by atoms with E-state index in [-0.39, 0.29) is 0 Å². The predicted molar refractivity (Wildman–Crippen MR) is 108 cm³/mol. The second-order valence-corrected chi connectivity index (χ2v) is 6.99. The van der Waals surface area contributed by atoms with Gasteiger partial charge in [-0.2, -0.15) is 0 Å². The first-order valence-corrected chi connectivity index (χ1v) is 9.40. The van der Waals surface area contributed by atoms with E-state index in [2.05, 4.69) is 90.7 Å². The van der Waals surface area contributed by atoms with Crippen molar-refractivity contribution >= 4 is 5.69 Å². The SMILES string of the molecule is CC1Cc2ccccc2N1CCOc1ccccc1Cc1ccccc1. The fourth-order valence-electron chi connectivity index (χ4n) is 3.83. The van der Waals surface area contributed by atoms with E-state index in [4.69, 9.17) is 4.74 Å². The van der Waals surface area contributed by atoms with Crippen LogP contribution in [0.15, 0.2) is 78.9 Å². The van der Waals surface area contributed by atoms with Crippen LogP contribution in [0.5, 0.6) is 5.75 Å². The number of hydrogen-bond donors (Lipinski definition) is 0. The Morgan fingerprint density at radius 3 is 2.50 bits per heavy atom. The van der Waals surface area contributed by atoms with Crippen LogP contribution in [-0.4, -0.2) is 19.2 Å². The van der Waals surface area contributed by atoms with Gasteiger partial charge in [-0.1, -0.05) is 66.7 Å². The van der Waals surface area contributed by atoms with Crippen LogP contribution in [-0.2, 0) is 12.8 Å². The Bertz CT molecular complexity index is 859. The van der Waals surface area contributed by atoms with Crippen LogP contribution in [0.2, 0.25) is 0 Å². The zero-order chi connectivity index (χ0) is 17.8. The van der Waals surface area contributed by atoms with Gasteiger partial charge in [0.1, 0.15) is 12.4 Å². The van der Waals surface area contributed by atoms with Gasteiger partial charge >= 0.3 is 0 Å². The highest BCUT2D eigenvalue weighted by Gasteiger charge is 2.25. The Kier molecular flexibility index (Phi) is 4.92. The van der Waals surface area contributed by atoms with Crippen LogP contribution < -0.4 is 9.64 Å². The molecule has 1 aliphatic rings. The molecule has 1 heterocycles. The van der Waals surface area contributed by atoms with E-state index >= 15 is 0 Å². The largest absolute Gasteiger partial charge is 0.491 e. The first kappa shape index (κ1) is 16.7. The molecule has 0 spiro atoms. The van der Waals surface area contributed by atoms with Crippen molar-refractivity contribution in [3.63, 3.8) is 0 Å². The van der Waals surface area contributed by atoms with E-state index in [1.54, 1.807) is 0 Å². The molecule has 26 heavy (non-hydrogen) atoms. The minimum absolute atomic E-state index is 0.538. The first-order chi connectivity index (χ1) is 12.8. The van der Waals surface area contributed by atoms with E-state index in [0.717, 1.165) is 25.1 Å². The smallest absolute Gasteiger partial charge is 0.122 e. The highest BCUT2D eigenvalue weighted by Crippen LogP contribution is 2.31. The van der Waals surface area contributed by atoms with Gasteiger partial charge in [0.2, 0.25) is 0 Å². The number of ether oxygens (including phenoxy) is 1. The Morgan fingerprint density at radius 2 is 1.62 bits per heavy atom. The summed E-state index contributed by atoms with van der Waals surface area (Å²) >= 11 is 0. The summed E-state index contributed by atoms with van der Waals surface area (Å²) in [4.78, 5) is 2.47. The van der Waals surface area contributed by atoms with Crippen LogP contribution in [0.3, 0.4) is 0 Å². The molecule has 0 saturated carbocycles. The molecule has 2 nitrogen and oxygen atoms in total. The van der Waals surface area contributed by atoms with Crippen molar-refractivity contribution < 1.29 is 4.74 Å². The molecule has 1 atom stereocenters. The van der Waals surface area contributed by atoms with Crippen LogP contribution >= 0.6 is 0 Å². The van der Waals surface area contributed by atoms with Gasteiger partial charge in [0.25, 0.3) is 0 Å². The number of anilines is 1. The zero-order valence-corrected chi connectivity index (χ0v) is 15.3. The van der Waals surface area contributed by atoms with E-state index < -0.39 is 0 Å². The van der Waals surface area contributed by atoms with Crippen molar-refractivity contribution in [2.75, 3.05) is 18.1 Å². The monoisotopic (exact) mass is 343 g/mol. The maximum Gasteiger partial charge on any atom is 0.122 e. The Hall–Kier alpha value is -2.74. The van der Waals surface area contributed by atoms with Crippen molar-refractivity contribution in [2.24, 2.45) is 0 Å². The summed E-state index contributed by atoms with van der Waals surface area (Å²) in [5, 5.41) is 0. The first-order valence-electron chi connectivity index (χ1n) is 9.40. The predicted octanol–water partition coefficient (Wildman–Crippen LogP) is 5.11. The van der Waals surface area contributed by atoms with Gasteiger partial charge in [-0.15, -0.1) is 0 Å². The topological polar surface area (TPSA) is 12.5 Å². The Balaban J connectivity index is 1.41. The van der Waals surface area contributed by atoms with E-state index in [9.17, 15) is 0 Å². The van der Waals surface area contributed by atoms with Crippen LogP contribution in [0, 0.1) is 0 Å². The molecule has 132 valence electrons. The summed E-state index contributed by atoms with van der Waals surface area (Å²) in [5.41, 5.74) is 5.37. The number of nitrogens with zero attached hydrogens (tertiary/aromatic N) is 1. The molecule has 3 aromatic carbocycles. The van der Waals surface area contributed by atoms with Crippen molar-refractivity contribution in [1.82, 2.24) is 0 Å². The molecule has 0 amide bonds. The third-order valence-electron chi connectivity index (χ3n) is 5.15. The lowest BCUT2D eigenvalue weighted by atomic mass is 10.0. The quantitative estimate of drug-likeness (QED) is 0.617. The second-order valence-electron chi connectivity index (χ2n) is 6.99. The van der Waals surface area contributed by atoms with Crippen LogP contribution in [0.1, 0.15) is 23.6 Å². The Labute approximate surface area is 156 Å². The highest BCUT2D eigenvalue weighted by molar-refractivity contribution is 5.59. The molecular formula is C24H25NO. The maximum atomic E-state index is 6.19. The maximum absolute atomic E-state index is 6.19. The molecular weight excluding hydrogens is 318 g/mol. The molecule has 0 aromatic heterocycles. The number of hydrogen-bond acceptors (Lipinski definition) is 2. The molecule has 2 heteroatoms. The third kappa shape index (κ3) is 3.60. The number of para-hydroxylation sites is 2. The van der Waals surface area contributed by atoms with Crippen molar-refractivity contribution in [2.45, 2.75) is 25.8 Å². The molecule has 0 radical (unpaired) electrons. The third-order valence-corrected chi connectivity index (χ3v) is 5.15. The summed E-state index contributed by atoms with van der Waals surface area (Å²) in [6.45, 7) is 3.91. The molecule has 1 aliphatic heterocycles. The standard InChI is InChI=1S/C24H25NO/c1-19-17-21-11-5-7-13-23(21)25(19)15-16-26-24-14-8-6-12-22(24)18-20-9-3-2-4-10-20/h2-14,19H,15-18H2,1H3. The van der Waals surface area contributed by atoms with Gasteiger partial charge in [0.15, 0.2) is 0 Å². The van der Waals surface area contributed by atoms with Gasteiger partial charge < -0.3 is 9.64 Å². The average Bonchev–Trinajstić information content (AvgIpc) is 2.99. The highest BCUT2D eigenvalue weighted by atomic mass is 16.5. The van der Waals surface area contributed by atoms with Crippen molar-refractivity contribution in [3.05, 3.63) is 95.6 Å². The van der Waals surface area contributed by atoms with Gasteiger partial charge in [0.05, 0.1) is 6.54 Å². The van der Waals surface area contributed by atoms with E-state index in [1.165, 1.54) is 22.4 Å². The fraction of sp³-hybridized carbons (Fsp3) is 0.250. The second kappa shape index (κ2) is 7.65. The average molecular weight is 343 g/mol. The van der Waals surface area contributed by atoms with E-state index in [0.29, 0.717) is 12.6 Å². The lowest BCUT2D eigenvalue weighted by molar-refractivity contribution is 0.318. The number of benzene rings is 3. The minimum Gasteiger partial charge on any atom is -0.491 e. The molecule has 0 aliphatic carbocycles. The van der Waals surface area contributed by atoms with Gasteiger partial charge in [-0.25, -0.2) is 0 Å². The summed E-state index contributed by atoms with van der Waals surface area (Å²) in [7, 11) is 0. The lowest BCUT2D eigenvalue weighted by Gasteiger charge is -2.25. The van der Waals surface area contributed by atoms with Crippen LogP contribution in [0.4, 0.5) is 5.69 Å². The molecule has 4 rings (SSSR count). The number of fused-ring (bicyclic) bond motifs is 1. The van der Waals surface area contributed by atoms with Gasteiger partial charge in [-0.3, -0.25) is 0 Å². The van der Waals surface area contributed by atoms with Gasteiger partial charge in [0, 0.05) is 18.2 Å². The molecule has 0 saturated heterocycles. The molecule has 0 fully saturated rings. The van der Waals surface area contributed by atoms with Crippen molar-refractivity contribution in [1.29, 1.82) is 0 Å². The summed E-state index contributed by atoms with van der Waals surface area (Å²) < 4.78 is 6.19. The Morgan fingerprint density at radius 1 is 0.885 bits per heavy atom.